The SMILES string of the molecule is NC1CCN(c2ccc(-c3noc(=O)[nH]3)c(Cl)c2)c2c(-c3ccc(C(F)(F)F)cc3)cccc21. The van der Waals surface area contributed by atoms with E-state index in [9.17, 15) is 18.0 Å². The quantitative estimate of drug-likeness (QED) is 0.376. The van der Waals surface area contributed by atoms with E-state index < -0.39 is 17.5 Å². The number of alkyl halides is 3. The summed E-state index contributed by atoms with van der Waals surface area (Å²) in [4.78, 5) is 15.8. The van der Waals surface area contributed by atoms with Gasteiger partial charge in [0.1, 0.15) is 0 Å². The third-order valence-corrected chi connectivity index (χ3v) is 6.20. The maximum atomic E-state index is 13.1. The van der Waals surface area contributed by atoms with Crippen molar-refractivity contribution in [3.63, 3.8) is 0 Å². The molecule has 4 aromatic rings. The second-order valence-corrected chi connectivity index (χ2v) is 8.38. The molecule has 0 fully saturated rings. The Morgan fingerprint density at radius 1 is 1.09 bits per heavy atom. The second-order valence-electron chi connectivity index (χ2n) is 7.97. The molecule has 10 heteroatoms. The van der Waals surface area contributed by atoms with Crippen molar-refractivity contribution in [1.82, 2.24) is 10.1 Å². The van der Waals surface area contributed by atoms with Gasteiger partial charge in [0.05, 0.1) is 16.3 Å². The van der Waals surface area contributed by atoms with Gasteiger partial charge in [-0.1, -0.05) is 47.1 Å². The van der Waals surface area contributed by atoms with Crippen molar-refractivity contribution in [2.75, 3.05) is 11.4 Å². The number of nitrogens with one attached hydrogen (secondary N) is 1. The van der Waals surface area contributed by atoms with E-state index in [1.807, 2.05) is 29.2 Å². The van der Waals surface area contributed by atoms with Crippen LogP contribution in [0.1, 0.15) is 23.6 Å². The fourth-order valence-corrected chi connectivity index (χ4v) is 4.50. The lowest BCUT2D eigenvalue weighted by Crippen LogP contribution is -2.30. The average Bonchev–Trinajstić information content (AvgIpc) is 3.24. The van der Waals surface area contributed by atoms with Gasteiger partial charge in [-0.05, 0) is 47.9 Å². The number of anilines is 2. The maximum Gasteiger partial charge on any atom is 0.439 e. The summed E-state index contributed by atoms with van der Waals surface area (Å²) in [6, 6.07) is 15.8. The zero-order valence-electron chi connectivity index (χ0n) is 17.6. The Hall–Kier alpha value is -3.56. The van der Waals surface area contributed by atoms with E-state index in [-0.39, 0.29) is 11.9 Å². The van der Waals surface area contributed by atoms with Crippen molar-refractivity contribution in [3.8, 4) is 22.5 Å². The van der Waals surface area contributed by atoms with Crippen LogP contribution in [0, 0.1) is 0 Å². The molecule has 0 saturated heterocycles. The monoisotopic (exact) mass is 486 g/mol. The number of hydrogen-bond donors (Lipinski definition) is 2. The van der Waals surface area contributed by atoms with Gasteiger partial charge in [0.15, 0.2) is 5.82 Å². The fraction of sp³-hybridized carbons (Fsp3) is 0.167. The highest BCUT2D eigenvalue weighted by Gasteiger charge is 2.31. The van der Waals surface area contributed by atoms with Crippen molar-refractivity contribution in [1.29, 1.82) is 0 Å². The van der Waals surface area contributed by atoms with E-state index in [4.69, 9.17) is 17.3 Å². The second kappa shape index (κ2) is 8.34. The van der Waals surface area contributed by atoms with Crippen LogP contribution in [-0.4, -0.2) is 16.7 Å². The minimum atomic E-state index is -4.41. The molecule has 2 heterocycles. The van der Waals surface area contributed by atoms with E-state index in [1.165, 1.54) is 12.1 Å². The van der Waals surface area contributed by atoms with E-state index in [0.717, 1.165) is 34.6 Å². The first kappa shape index (κ1) is 22.2. The Balaban J connectivity index is 1.60. The number of benzene rings is 3. The molecule has 0 spiro atoms. The van der Waals surface area contributed by atoms with Crippen LogP contribution in [0.2, 0.25) is 5.02 Å². The molecule has 1 aliphatic heterocycles. The van der Waals surface area contributed by atoms with Crippen LogP contribution in [0.15, 0.2) is 70.0 Å². The molecular weight excluding hydrogens is 469 g/mol. The van der Waals surface area contributed by atoms with Gasteiger partial charge in [-0.3, -0.25) is 9.51 Å². The molecule has 3 N–H and O–H groups in total. The van der Waals surface area contributed by atoms with Gasteiger partial charge in [0, 0.05) is 29.4 Å². The van der Waals surface area contributed by atoms with Gasteiger partial charge < -0.3 is 10.6 Å². The topological polar surface area (TPSA) is 88.2 Å². The molecule has 0 bridgehead atoms. The molecule has 1 atom stereocenters. The lowest BCUT2D eigenvalue weighted by Gasteiger charge is -2.36. The van der Waals surface area contributed by atoms with E-state index >= 15 is 0 Å². The van der Waals surface area contributed by atoms with Crippen LogP contribution < -0.4 is 16.4 Å². The minimum absolute atomic E-state index is 0.212. The zero-order chi connectivity index (χ0) is 24.0. The van der Waals surface area contributed by atoms with E-state index in [0.29, 0.717) is 29.1 Å². The van der Waals surface area contributed by atoms with Crippen molar-refractivity contribution in [2.45, 2.75) is 18.6 Å². The van der Waals surface area contributed by atoms with Gasteiger partial charge in [-0.15, -0.1) is 0 Å². The molecule has 6 nitrogen and oxygen atoms in total. The van der Waals surface area contributed by atoms with Gasteiger partial charge in [-0.2, -0.15) is 13.2 Å². The van der Waals surface area contributed by atoms with Crippen LogP contribution in [0.5, 0.6) is 0 Å². The number of fused-ring (bicyclic) bond motifs is 1. The summed E-state index contributed by atoms with van der Waals surface area (Å²) < 4.78 is 43.7. The molecule has 0 radical (unpaired) electrons. The molecule has 0 saturated carbocycles. The largest absolute Gasteiger partial charge is 0.439 e. The van der Waals surface area contributed by atoms with Crippen molar-refractivity contribution < 1.29 is 17.7 Å². The molecule has 34 heavy (non-hydrogen) atoms. The number of nitrogens with two attached hydrogens (primary N) is 1. The minimum Gasteiger partial charge on any atom is -0.341 e. The Morgan fingerprint density at radius 3 is 2.50 bits per heavy atom. The van der Waals surface area contributed by atoms with Gasteiger partial charge in [0.25, 0.3) is 0 Å². The first-order valence-electron chi connectivity index (χ1n) is 10.4. The standard InChI is InChI=1S/C24H18ClF3N4O2/c25-19-12-15(8-9-17(19)22-30-23(33)34-31-22)32-11-10-20(29)18-3-1-2-16(21(18)32)13-4-6-14(7-5-13)24(26,27)28/h1-9,12,20H,10-11,29H2,(H,30,31,33). The molecule has 1 aliphatic rings. The normalized spacial score (nSPS) is 15.9. The number of aromatic amines is 1. The molecule has 0 amide bonds. The van der Waals surface area contributed by atoms with Crippen LogP contribution in [0.3, 0.4) is 0 Å². The Bertz CT molecular complexity index is 1410. The summed E-state index contributed by atoms with van der Waals surface area (Å²) in [5.74, 6) is -0.469. The van der Waals surface area contributed by atoms with Crippen LogP contribution >= 0.6 is 11.6 Å². The number of aromatic nitrogens is 2. The van der Waals surface area contributed by atoms with Gasteiger partial charge in [-0.25, -0.2) is 4.79 Å². The smallest absolute Gasteiger partial charge is 0.341 e. The van der Waals surface area contributed by atoms with Crippen molar-refractivity contribution in [3.05, 3.63) is 87.4 Å². The third-order valence-electron chi connectivity index (χ3n) is 5.88. The Morgan fingerprint density at radius 2 is 1.85 bits per heavy atom. The van der Waals surface area contributed by atoms with Crippen LogP contribution in [0.4, 0.5) is 24.5 Å². The molecule has 1 aromatic heterocycles. The average molecular weight is 487 g/mol. The molecule has 1 unspecified atom stereocenters. The highest BCUT2D eigenvalue weighted by atomic mass is 35.5. The number of para-hydroxylation sites is 1. The first-order chi connectivity index (χ1) is 16.2. The predicted octanol–water partition coefficient (Wildman–Crippen LogP) is 5.91. The zero-order valence-corrected chi connectivity index (χ0v) is 18.3. The molecule has 3 aromatic carbocycles. The summed E-state index contributed by atoms with van der Waals surface area (Å²) in [6.45, 7) is 0.586. The number of nitrogens with zero attached hydrogens (tertiary/aromatic N) is 2. The first-order valence-corrected chi connectivity index (χ1v) is 10.8. The van der Waals surface area contributed by atoms with Crippen LogP contribution in [0.25, 0.3) is 22.5 Å². The van der Waals surface area contributed by atoms with Gasteiger partial charge >= 0.3 is 11.9 Å². The number of hydrogen-bond acceptors (Lipinski definition) is 5. The van der Waals surface area contributed by atoms with E-state index in [1.54, 1.807) is 12.1 Å². The fourth-order valence-electron chi connectivity index (χ4n) is 4.24. The van der Waals surface area contributed by atoms with Crippen LogP contribution in [-0.2, 0) is 6.18 Å². The highest BCUT2D eigenvalue weighted by Crippen LogP contribution is 2.45. The number of H-pyrrole nitrogens is 1. The highest BCUT2D eigenvalue weighted by molar-refractivity contribution is 6.33. The van der Waals surface area contributed by atoms with Crippen molar-refractivity contribution >= 4 is 23.0 Å². The Labute approximate surface area is 196 Å². The lowest BCUT2D eigenvalue weighted by atomic mass is 9.90. The molecular formula is C24H18ClF3N4O2. The number of halogens is 4. The van der Waals surface area contributed by atoms with E-state index in [2.05, 4.69) is 14.7 Å². The Kier molecular flexibility index (Phi) is 5.45. The summed E-state index contributed by atoms with van der Waals surface area (Å²) in [5, 5.41) is 4.03. The number of rotatable bonds is 3. The molecule has 174 valence electrons. The lowest BCUT2D eigenvalue weighted by molar-refractivity contribution is -0.137. The van der Waals surface area contributed by atoms with Crippen molar-refractivity contribution in [2.24, 2.45) is 5.73 Å². The molecule has 0 aliphatic carbocycles. The summed E-state index contributed by atoms with van der Waals surface area (Å²) in [6.07, 6.45) is -3.73. The predicted molar refractivity (Wildman–Crippen MR) is 123 cm³/mol. The summed E-state index contributed by atoms with van der Waals surface area (Å²) in [5.41, 5.74) is 10.1. The maximum absolute atomic E-state index is 13.1. The van der Waals surface area contributed by atoms with Gasteiger partial charge in [0.2, 0.25) is 0 Å². The third kappa shape index (κ3) is 3.97. The summed E-state index contributed by atoms with van der Waals surface area (Å²) >= 11 is 6.50. The summed E-state index contributed by atoms with van der Waals surface area (Å²) in [7, 11) is 0. The molecule has 5 rings (SSSR count).